The number of nitrogens with zero attached hydrogens (tertiary/aromatic N) is 6. The first-order chi connectivity index (χ1) is 13.3. The fourth-order valence-corrected chi connectivity index (χ4v) is 3.57. The number of thioether (sulfide) groups is 1. The molecule has 1 aliphatic heterocycles. The van der Waals surface area contributed by atoms with Crippen LogP contribution in [-0.2, 0) is 6.54 Å². The van der Waals surface area contributed by atoms with E-state index >= 15 is 0 Å². The first kappa shape index (κ1) is 17.8. The number of rotatable bonds is 6. The number of anilines is 1. The second-order valence-corrected chi connectivity index (χ2v) is 7.09. The molecule has 10 heteroatoms. The summed E-state index contributed by atoms with van der Waals surface area (Å²) >= 11 is 1.52. The molecule has 1 aliphatic rings. The molecule has 0 aromatic carbocycles. The van der Waals surface area contributed by atoms with Crippen LogP contribution < -0.4 is 10.2 Å². The van der Waals surface area contributed by atoms with Gasteiger partial charge in [-0.2, -0.15) is 5.10 Å². The molecule has 1 amide bonds. The van der Waals surface area contributed by atoms with Gasteiger partial charge in [-0.1, -0.05) is 16.9 Å². The van der Waals surface area contributed by atoms with Crippen molar-refractivity contribution in [3.63, 3.8) is 0 Å². The molecule has 0 bridgehead atoms. The van der Waals surface area contributed by atoms with Gasteiger partial charge in [0.25, 0.3) is 5.91 Å². The van der Waals surface area contributed by atoms with E-state index in [0.717, 1.165) is 35.1 Å². The van der Waals surface area contributed by atoms with Crippen molar-refractivity contribution in [1.82, 2.24) is 30.2 Å². The van der Waals surface area contributed by atoms with Crippen molar-refractivity contribution in [2.24, 2.45) is 0 Å². The standard InChI is InChI=1S/C17H21N7O2S/c1-27-17-21-14(23-8-3-2-4-9-23)12-11-19-24(15(12)22-17)10-7-18-16(25)13-5-6-20-26-13/h5-6,11H,2-4,7-10H2,1H3,(H,18,25). The summed E-state index contributed by atoms with van der Waals surface area (Å²) in [6, 6.07) is 1.53. The predicted molar refractivity (Wildman–Crippen MR) is 102 cm³/mol. The second kappa shape index (κ2) is 7.95. The summed E-state index contributed by atoms with van der Waals surface area (Å²) in [6.45, 7) is 2.94. The summed E-state index contributed by atoms with van der Waals surface area (Å²) in [5.74, 6) is 0.859. The van der Waals surface area contributed by atoms with E-state index < -0.39 is 0 Å². The monoisotopic (exact) mass is 387 g/mol. The van der Waals surface area contributed by atoms with Crippen LogP contribution in [0.1, 0.15) is 29.8 Å². The lowest BCUT2D eigenvalue weighted by Crippen LogP contribution is -2.30. The normalized spacial score (nSPS) is 14.6. The van der Waals surface area contributed by atoms with Gasteiger partial charge in [-0.25, -0.2) is 14.6 Å². The average Bonchev–Trinajstić information content (AvgIpc) is 3.38. The molecular formula is C17H21N7O2S. The molecule has 4 rings (SSSR count). The van der Waals surface area contributed by atoms with Gasteiger partial charge < -0.3 is 14.7 Å². The van der Waals surface area contributed by atoms with E-state index in [4.69, 9.17) is 9.51 Å². The summed E-state index contributed by atoms with van der Waals surface area (Å²) in [5, 5.41) is 12.5. The van der Waals surface area contributed by atoms with Crippen LogP contribution in [0.15, 0.2) is 28.1 Å². The number of hydrogen-bond acceptors (Lipinski definition) is 8. The Morgan fingerprint density at radius 3 is 2.89 bits per heavy atom. The van der Waals surface area contributed by atoms with Crippen LogP contribution in [0, 0.1) is 0 Å². The molecule has 0 saturated carbocycles. The number of fused-ring (bicyclic) bond motifs is 1. The Hall–Kier alpha value is -2.62. The molecule has 1 N–H and O–H groups in total. The largest absolute Gasteiger partial charge is 0.356 e. The zero-order valence-electron chi connectivity index (χ0n) is 15.1. The Labute approximate surface area is 160 Å². The van der Waals surface area contributed by atoms with E-state index in [9.17, 15) is 4.79 Å². The number of carbonyl (C=O) groups is 1. The first-order valence-corrected chi connectivity index (χ1v) is 10.2. The maximum atomic E-state index is 11.9. The number of hydrogen-bond donors (Lipinski definition) is 1. The quantitative estimate of drug-likeness (QED) is 0.506. The zero-order chi connectivity index (χ0) is 18.6. The van der Waals surface area contributed by atoms with Gasteiger partial charge >= 0.3 is 0 Å². The number of nitrogens with one attached hydrogen (secondary N) is 1. The van der Waals surface area contributed by atoms with Gasteiger partial charge in [0.2, 0.25) is 5.76 Å². The van der Waals surface area contributed by atoms with Crippen molar-refractivity contribution in [1.29, 1.82) is 0 Å². The molecule has 0 unspecified atom stereocenters. The third-order valence-electron chi connectivity index (χ3n) is 4.56. The lowest BCUT2D eigenvalue weighted by molar-refractivity contribution is 0.0915. The molecular weight excluding hydrogens is 366 g/mol. The molecule has 27 heavy (non-hydrogen) atoms. The van der Waals surface area contributed by atoms with Gasteiger partial charge in [0.05, 0.1) is 24.3 Å². The summed E-state index contributed by atoms with van der Waals surface area (Å²) < 4.78 is 6.66. The molecule has 0 atom stereocenters. The Balaban J connectivity index is 1.54. The van der Waals surface area contributed by atoms with Crippen LogP contribution in [0.4, 0.5) is 5.82 Å². The van der Waals surface area contributed by atoms with E-state index in [-0.39, 0.29) is 11.7 Å². The molecule has 3 aromatic heterocycles. The Bertz CT molecular complexity index is 919. The maximum absolute atomic E-state index is 11.9. The first-order valence-electron chi connectivity index (χ1n) is 8.97. The topological polar surface area (TPSA) is 102 Å². The maximum Gasteiger partial charge on any atom is 0.289 e. The van der Waals surface area contributed by atoms with E-state index in [1.165, 1.54) is 43.3 Å². The molecule has 0 aliphatic carbocycles. The molecule has 4 heterocycles. The van der Waals surface area contributed by atoms with E-state index in [2.05, 4.69) is 25.5 Å². The van der Waals surface area contributed by atoms with Crippen LogP contribution in [0.5, 0.6) is 0 Å². The highest BCUT2D eigenvalue weighted by Crippen LogP contribution is 2.28. The number of piperidine rings is 1. The minimum atomic E-state index is -0.294. The van der Waals surface area contributed by atoms with Crippen LogP contribution in [0.25, 0.3) is 11.0 Å². The molecule has 0 spiro atoms. The summed E-state index contributed by atoms with van der Waals surface area (Å²) in [7, 11) is 0. The van der Waals surface area contributed by atoms with Gasteiger partial charge in [-0.05, 0) is 25.5 Å². The van der Waals surface area contributed by atoms with E-state index in [1.54, 1.807) is 0 Å². The molecule has 1 saturated heterocycles. The van der Waals surface area contributed by atoms with Crippen LogP contribution in [0.2, 0.25) is 0 Å². The fraction of sp³-hybridized carbons (Fsp3) is 0.471. The Morgan fingerprint density at radius 2 is 2.15 bits per heavy atom. The highest BCUT2D eigenvalue weighted by Gasteiger charge is 2.19. The highest BCUT2D eigenvalue weighted by atomic mass is 32.2. The molecule has 142 valence electrons. The number of aromatic nitrogens is 5. The van der Waals surface area contributed by atoms with Gasteiger partial charge in [-0.15, -0.1) is 0 Å². The summed E-state index contributed by atoms with van der Waals surface area (Å²) in [4.78, 5) is 23.6. The van der Waals surface area contributed by atoms with E-state index in [1.807, 2.05) is 17.1 Å². The lowest BCUT2D eigenvalue weighted by atomic mass is 10.1. The highest BCUT2D eigenvalue weighted by molar-refractivity contribution is 7.98. The van der Waals surface area contributed by atoms with Crippen molar-refractivity contribution in [3.05, 3.63) is 24.2 Å². The van der Waals surface area contributed by atoms with Crippen molar-refractivity contribution < 1.29 is 9.32 Å². The van der Waals surface area contributed by atoms with Crippen LogP contribution in [-0.4, -0.2) is 56.7 Å². The minimum absolute atomic E-state index is 0.194. The summed E-state index contributed by atoms with van der Waals surface area (Å²) in [6.07, 6.45) is 8.87. The second-order valence-electron chi connectivity index (χ2n) is 6.32. The molecule has 1 fully saturated rings. The number of amides is 1. The Morgan fingerprint density at radius 1 is 1.30 bits per heavy atom. The SMILES string of the molecule is CSc1nc(N2CCCCC2)c2cnn(CCNC(=O)c3ccno3)c2n1. The minimum Gasteiger partial charge on any atom is -0.356 e. The van der Waals surface area contributed by atoms with Gasteiger partial charge in [0.1, 0.15) is 5.82 Å². The predicted octanol–water partition coefficient (Wildman–Crippen LogP) is 1.96. The third kappa shape index (κ3) is 3.75. The van der Waals surface area contributed by atoms with Crippen molar-refractivity contribution in [2.75, 3.05) is 30.8 Å². The summed E-state index contributed by atoms with van der Waals surface area (Å²) in [5.41, 5.74) is 0.795. The van der Waals surface area contributed by atoms with Crippen molar-refractivity contribution in [2.45, 2.75) is 31.0 Å². The Kier molecular flexibility index (Phi) is 5.23. The fourth-order valence-electron chi connectivity index (χ4n) is 3.22. The molecule has 9 nitrogen and oxygen atoms in total. The molecule has 3 aromatic rings. The van der Waals surface area contributed by atoms with Crippen LogP contribution >= 0.6 is 11.8 Å². The zero-order valence-corrected chi connectivity index (χ0v) is 15.9. The molecule has 0 radical (unpaired) electrons. The van der Waals surface area contributed by atoms with Gasteiger partial charge in [0, 0.05) is 25.7 Å². The van der Waals surface area contributed by atoms with Gasteiger partial charge in [-0.3, -0.25) is 4.79 Å². The van der Waals surface area contributed by atoms with Crippen molar-refractivity contribution >= 4 is 34.5 Å². The average molecular weight is 387 g/mol. The lowest BCUT2D eigenvalue weighted by Gasteiger charge is -2.28. The van der Waals surface area contributed by atoms with E-state index in [0.29, 0.717) is 13.1 Å². The van der Waals surface area contributed by atoms with Crippen LogP contribution in [0.3, 0.4) is 0 Å². The van der Waals surface area contributed by atoms with Crippen molar-refractivity contribution in [3.8, 4) is 0 Å². The third-order valence-corrected chi connectivity index (χ3v) is 5.11. The number of carbonyl (C=O) groups excluding carboxylic acids is 1. The smallest absolute Gasteiger partial charge is 0.289 e. The van der Waals surface area contributed by atoms with Gasteiger partial charge in [0.15, 0.2) is 10.8 Å².